The third kappa shape index (κ3) is 18.7. The maximum Gasteiger partial charge on any atom is 0.251 e. The van der Waals surface area contributed by atoms with Crippen LogP contribution in [0.5, 0.6) is 11.5 Å². The predicted molar refractivity (Wildman–Crippen MR) is 330 cm³/mol. The number of benzene rings is 4. The maximum absolute atomic E-state index is 14.8. The van der Waals surface area contributed by atoms with Gasteiger partial charge in [0.15, 0.2) is 0 Å². The van der Waals surface area contributed by atoms with Gasteiger partial charge in [-0.15, -0.1) is 0 Å². The number of carbonyl (C=O) groups excluding carboxylic acids is 7. The first-order valence-electron chi connectivity index (χ1n) is 30.7. The lowest BCUT2D eigenvalue weighted by molar-refractivity contribution is -0.148. The zero-order valence-electron chi connectivity index (χ0n) is 51.4. The number of fused-ring (bicyclic) bond motifs is 2. The Hall–Kier alpha value is -7.67. The van der Waals surface area contributed by atoms with E-state index >= 15 is 0 Å². The highest BCUT2D eigenvalue weighted by molar-refractivity contribution is 6.00. The number of rotatable bonds is 23. The zero-order valence-corrected chi connectivity index (χ0v) is 51.4. The Balaban J connectivity index is 1.23. The number of unbranched alkanes of at least 4 members (excludes halogenated alkanes) is 2. The van der Waals surface area contributed by atoms with Gasteiger partial charge in [0.05, 0.1) is 63.6 Å². The Morgan fingerprint density at radius 2 is 1.19 bits per heavy atom. The lowest BCUT2D eigenvalue weighted by atomic mass is 9.96. The molecule has 6 unspecified atom stereocenters. The smallest absolute Gasteiger partial charge is 0.251 e. The number of aliphatic hydroxyl groups is 7. The van der Waals surface area contributed by atoms with Crippen molar-refractivity contribution in [2.45, 2.75) is 145 Å². The summed E-state index contributed by atoms with van der Waals surface area (Å²) in [5, 5.41) is 106. The number of hydrogen-bond donors (Lipinski definition) is 15. The van der Waals surface area contributed by atoms with Crippen LogP contribution in [0.1, 0.15) is 81.8 Å². The predicted octanol–water partition coefficient (Wildman–Crippen LogP) is -1.34. The third-order valence-corrected chi connectivity index (χ3v) is 16.3. The van der Waals surface area contributed by atoms with Gasteiger partial charge >= 0.3 is 0 Å². The summed E-state index contributed by atoms with van der Waals surface area (Å²) in [6.45, 7) is 6.29. The summed E-state index contributed by atoms with van der Waals surface area (Å²) in [6, 6.07) is 15.2. The molecule has 4 aromatic carbocycles. The van der Waals surface area contributed by atoms with E-state index in [0.29, 0.717) is 6.61 Å². The van der Waals surface area contributed by atoms with Crippen LogP contribution in [0.15, 0.2) is 97.1 Å². The molecule has 27 nitrogen and oxygen atoms in total. The van der Waals surface area contributed by atoms with E-state index in [4.69, 9.17) is 19.9 Å². The number of carbonyl (C=O) groups is 7. The quantitative estimate of drug-likeness (QED) is 0.0382. The number of aromatic hydroxyl groups is 1. The number of hydrogen-bond acceptors (Lipinski definition) is 20. The molecule has 0 saturated carbocycles. The van der Waals surface area contributed by atoms with Gasteiger partial charge in [0, 0.05) is 50.5 Å². The number of aliphatic hydroxyl groups excluding tert-OH is 7. The lowest BCUT2D eigenvalue weighted by Gasteiger charge is -2.34. The molecule has 7 rings (SSSR count). The second-order valence-corrected chi connectivity index (χ2v) is 23.3. The fraction of sp³-hybridized carbons (Fsp3) is 0.516. The Labute approximate surface area is 527 Å². The average Bonchev–Trinajstić information content (AvgIpc) is 1.73. The first kappa shape index (κ1) is 70.8. The number of ether oxygens (including phenoxy) is 3. The van der Waals surface area contributed by atoms with Crippen molar-refractivity contribution >= 4 is 41.4 Å². The van der Waals surface area contributed by atoms with Crippen LogP contribution >= 0.6 is 0 Å². The maximum atomic E-state index is 14.8. The van der Waals surface area contributed by atoms with Crippen molar-refractivity contribution in [3.63, 3.8) is 0 Å². The van der Waals surface area contributed by atoms with Gasteiger partial charge in [-0.05, 0) is 84.5 Å². The SMILES string of the molecule is CCCCCOc1ccc(-c2ccc(-c3ccc(C(=O)N[C@@H]4C[C@@H](O)C(NCCOCCOCCN)NC(=O)C5[C@@H](O)[C@@H](C)CN5C(=O)C([C@@H](C)O)NC(=O)C([C@H](O)[C@@H](O)c5ccc(O)cc5)NC(=O)C5C[C@@H](O)CN5C(=O)C([C@@H](C)O)NC4=O)cc3)cc2)cc1. The van der Waals surface area contributed by atoms with Crippen LogP contribution in [0.25, 0.3) is 22.3 Å². The third-order valence-electron chi connectivity index (χ3n) is 16.3. The normalized spacial score (nSPS) is 26.0. The van der Waals surface area contributed by atoms with Crippen LogP contribution in [-0.4, -0.2) is 230 Å². The summed E-state index contributed by atoms with van der Waals surface area (Å²) in [4.78, 5) is 104. The van der Waals surface area contributed by atoms with Gasteiger partial charge in [0.2, 0.25) is 35.4 Å². The van der Waals surface area contributed by atoms with Crippen LogP contribution in [0, 0.1) is 5.92 Å². The van der Waals surface area contributed by atoms with E-state index in [-0.39, 0.29) is 62.9 Å². The molecule has 0 bridgehead atoms. The van der Waals surface area contributed by atoms with Crippen molar-refractivity contribution in [1.29, 1.82) is 0 Å². The minimum atomic E-state index is -2.30. The fourth-order valence-electron chi connectivity index (χ4n) is 11.1. The van der Waals surface area contributed by atoms with Crippen LogP contribution < -0.4 is 42.4 Å². The molecule has 91 heavy (non-hydrogen) atoms. The lowest BCUT2D eigenvalue weighted by Crippen LogP contribution is -2.64. The number of phenolic OH excluding ortho intramolecular Hbond substituents is 1. The Morgan fingerprint density at radius 3 is 1.77 bits per heavy atom. The van der Waals surface area contributed by atoms with Crippen molar-refractivity contribution in [2.24, 2.45) is 11.7 Å². The molecule has 15 atom stereocenters. The van der Waals surface area contributed by atoms with E-state index in [2.05, 4.69) is 38.8 Å². The molecule has 3 aliphatic rings. The minimum absolute atomic E-state index is 0.0391. The zero-order chi connectivity index (χ0) is 66.1. The van der Waals surface area contributed by atoms with Gasteiger partial charge in [0.1, 0.15) is 66.1 Å². The Kier molecular flexibility index (Phi) is 26.1. The summed E-state index contributed by atoms with van der Waals surface area (Å²) in [5.41, 5.74) is 8.95. The van der Waals surface area contributed by atoms with E-state index in [0.717, 1.165) is 70.9 Å². The molecular formula is C64H87N9O18. The van der Waals surface area contributed by atoms with Crippen molar-refractivity contribution < 1.29 is 88.6 Å². The molecule has 4 aromatic rings. The molecule has 496 valence electrons. The highest BCUT2D eigenvalue weighted by Gasteiger charge is 2.50. The van der Waals surface area contributed by atoms with E-state index in [1.807, 2.05) is 48.5 Å². The first-order chi connectivity index (χ1) is 43.5. The minimum Gasteiger partial charge on any atom is -0.508 e. The van der Waals surface area contributed by atoms with Gasteiger partial charge in [-0.3, -0.25) is 38.9 Å². The summed E-state index contributed by atoms with van der Waals surface area (Å²) in [7, 11) is 0. The summed E-state index contributed by atoms with van der Waals surface area (Å²) in [6.07, 6.45) is -12.5. The molecule has 27 heteroatoms. The Bertz CT molecular complexity index is 3050. The Morgan fingerprint density at radius 1 is 0.637 bits per heavy atom. The topological polar surface area (TPSA) is 414 Å². The molecule has 16 N–H and O–H groups in total. The van der Waals surface area contributed by atoms with Crippen LogP contribution in [0.4, 0.5) is 0 Å². The number of nitrogens with one attached hydrogen (secondary N) is 6. The molecule has 3 fully saturated rings. The van der Waals surface area contributed by atoms with Gasteiger partial charge in [-0.1, -0.05) is 87.4 Å². The highest BCUT2D eigenvalue weighted by Crippen LogP contribution is 2.30. The van der Waals surface area contributed by atoms with Crippen molar-refractivity contribution in [3.8, 4) is 33.8 Å². The van der Waals surface area contributed by atoms with E-state index in [1.54, 1.807) is 12.1 Å². The molecule has 0 aromatic heterocycles. The van der Waals surface area contributed by atoms with Crippen LogP contribution in [-0.2, 0) is 38.2 Å². The standard InChI is InChI=1S/C64H87N9O18/c1-5-6-7-26-91-46-22-18-41(19-23-46)39-10-8-38(9-11-39)40-12-14-43(15-13-40)58(82)67-47-32-49(78)57(66-25-28-90-30-29-89-27-24-65)71-62(86)53-54(79)35(2)33-73(53)64(88)51(37(4)75)69-61(85)52(56(81)55(80)42-16-20-44(76)21-17-42)70-60(84)48-31-45(77)34-72(48)63(87)50(36(3)74)68-59(47)83/h8-23,35-37,45,47-57,66,74-81H,5-7,24-34,65H2,1-4H3,(H,67,82)(H,68,83)(H,69,85)(H,70,84)(H,71,86)/t35-,36+,37+,45+,47+,48?,49+,50?,51?,52?,53?,54-,55-,56-,57?/m0/s1. The number of amides is 7. The summed E-state index contributed by atoms with van der Waals surface area (Å²) < 4.78 is 16.9. The van der Waals surface area contributed by atoms with Crippen LogP contribution in [0.3, 0.4) is 0 Å². The fourth-order valence-corrected chi connectivity index (χ4v) is 11.1. The van der Waals surface area contributed by atoms with Crippen molar-refractivity contribution in [3.05, 3.63) is 108 Å². The largest absolute Gasteiger partial charge is 0.508 e. The van der Waals surface area contributed by atoms with E-state index < -0.39 is 152 Å². The second-order valence-electron chi connectivity index (χ2n) is 23.3. The number of nitrogens with two attached hydrogens (primary N) is 1. The summed E-state index contributed by atoms with van der Waals surface area (Å²) >= 11 is 0. The van der Waals surface area contributed by atoms with Gasteiger partial charge in [-0.2, -0.15) is 0 Å². The van der Waals surface area contributed by atoms with Crippen LogP contribution in [0.2, 0.25) is 0 Å². The number of nitrogens with zero attached hydrogens (tertiary/aromatic N) is 2. The van der Waals surface area contributed by atoms with E-state index in [1.165, 1.54) is 43.3 Å². The first-order valence-corrected chi connectivity index (χ1v) is 30.7. The van der Waals surface area contributed by atoms with Gasteiger partial charge < -0.3 is 97.2 Å². The molecule has 0 aliphatic carbocycles. The molecule has 3 heterocycles. The number of phenols is 1. The van der Waals surface area contributed by atoms with Crippen molar-refractivity contribution in [2.75, 3.05) is 59.2 Å². The average molecular weight is 1270 g/mol. The highest BCUT2D eigenvalue weighted by atomic mass is 16.5. The van der Waals surface area contributed by atoms with E-state index in [9.17, 15) is 74.4 Å². The van der Waals surface area contributed by atoms with Gasteiger partial charge in [-0.25, -0.2) is 0 Å². The molecule has 3 saturated heterocycles. The monoisotopic (exact) mass is 1270 g/mol. The van der Waals surface area contributed by atoms with Gasteiger partial charge in [0.25, 0.3) is 5.91 Å². The molecule has 0 spiro atoms. The molecule has 0 radical (unpaired) electrons. The second kappa shape index (κ2) is 33.6. The summed E-state index contributed by atoms with van der Waals surface area (Å²) in [5.74, 6) is -8.29. The molecular weight excluding hydrogens is 1180 g/mol. The molecule has 7 amide bonds. The van der Waals surface area contributed by atoms with Crippen molar-refractivity contribution in [1.82, 2.24) is 41.7 Å². The molecule has 3 aliphatic heterocycles.